The predicted octanol–water partition coefficient (Wildman–Crippen LogP) is 2.69. The van der Waals surface area contributed by atoms with E-state index < -0.39 is 0 Å². The number of aryl methyl sites for hydroxylation is 3. The third kappa shape index (κ3) is 4.98. The molecule has 28 heavy (non-hydrogen) atoms. The smallest absolute Gasteiger partial charge is 0.254 e. The molecule has 1 saturated heterocycles. The lowest BCUT2D eigenvalue weighted by molar-refractivity contribution is -0.132. The van der Waals surface area contributed by atoms with E-state index >= 15 is 0 Å². The van der Waals surface area contributed by atoms with Gasteiger partial charge in [0.2, 0.25) is 5.91 Å². The fraction of sp³-hybridized carbons (Fsp3) is 0.391. The third-order valence-corrected chi connectivity index (χ3v) is 5.29. The van der Waals surface area contributed by atoms with Gasteiger partial charge in [0.25, 0.3) is 5.91 Å². The zero-order chi connectivity index (χ0) is 20.1. The van der Waals surface area contributed by atoms with Crippen molar-refractivity contribution < 1.29 is 9.59 Å². The molecular formula is C23H29N3O2. The lowest BCUT2D eigenvalue weighted by Crippen LogP contribution is -2.50. The molecule has 1 aliphatic heterocycles. The van der Waals surface area contributed by atoms with Crippen molar-refractivity contribution in [2.45, 2.75) is 27.3 Å². The van der Waals surface area contributed by atoms with Crippen molar-refractivity contribution in [2.24, 2.45) is 0 Å². The first kappa shape index (κ1) is 20.1. The first-order valence-electron chi connectivity index (χ1n) is 9.84. The molecule has 1 aliphatic rings. The molecule has 2 aromatic rings. The Morgan fingerprint density at radius 2 is 1.75 bits per heavy atom. The summed E-state index contributed by atoms with van der Waals surface area (Å²) in [6.45, 7) is 9.61. The van der Waals surface area contributed by atoms with Gasteiger partial charge in [-0.1, -0.05) is 35.9 Å². The van der Waals surface area contributed by atoms with E-state index in [-0.39, 0.29) is 18.4 Å². The molecule has 5 heteroatoms. The first-order chi connectivity index (χ1) is 13.4. The highest BCUT2D eigenvalue weighted by molar-refractivity contribution is 5.96. The molecule has 0 saturated carbocycles. The van der Waals surface area contributed by atoms with Gasteiger partial charge < -0.3 is 15.1 Å². The van der Waals surface area contributed by atoms with Gasteiger partial charge in [-0.25, -0.2) is 0 Å². The van der Waals surface area contributed by atoms with E-state index in [4.69, 9.17) is 0 Å². The summed E-state index contributed by atoms with van der Waals surface area (Å²) in [5.74, 6) is -0.100. The van der Waals surface area contributed by atoms with Crippen molar-refractivity contribution in [3.8, 4) is 0 Å². The van der Waals surface area contributed by atoms with E-state index in [0.717, 1.165) is 24.2 Å². The average molecular weight is 380 g/mol. The molecule has 148 valence electrons. The van der Waals surface area contributed by atoms with Crippen LogP contribution in [0.15, 0.2) is 42.5 Å². The second-order valence-corrected chi connectivity index (χ2v) is 7.58. The lowest BCUT2D eigenvalue weighted by atomic mass is 10.1. The fourth-order valence-corrected chi connectivity index (χ4v) is 3.46. The Hall–Kier alpha value is -2.66. The summed E-state index contributed by atoms with van der Waals surface area (Å²) in [5, 5.41) is 3.25. The minimum Gasteiger partial charge on any atom is -0.339 e. The maximum absolute atomic E-state index is 13.2. The number of rotatable bonds is 5. The molecular weight excluding hydrogens is 350 g/mol. The number of hydrogen-bond acceptors (Lipinski definition) is 3. The van der Waals surface area contributed by atoms with Crippen LogP contribution in [0.1, 0.15) is 32.6 Å². The molecule has 0 aliphatic carbocycles. The van der Waals surface area contributed by atoms with Crippen LogP contribution >= 0.6 is 0 Å². The molecule has 0 radical (unpaired) electrons. The standard InChI is InChI=1S/C23H29N3O2/c1-17-5-4-6-21(13-17)23(28)26(15-20-8-7-18(2)19(3)14-20)16-22(27)25-11-9-24-10-12-25/h4-8,13-14,24H,9-12,15-16H2,1-3H3. The summed E-state index contributed by atoms with van der Waals surface area (Å²) in [4.78, 5) is 29.6. The van der Waals surface area contributed by atoms with Crippen LogP contribution in [0.5, 0.6) is 0 Å². The first-order valence-corrected chi connectivity index (χ1v) is 9.84. The van der Waals surface area contributed by atoms with Gasteiger partial charge in [0.05, 0.1) is 0 Å². The lowest BCUT2D eigenvalue weighted by Gasteiger charge is -2.30. The average Bonchev–Trinajstić information content (AvgIpc) is 2.70. The van der Waals surface area contributed by atoms with Crippen LogP contribution in [0.2, 0.25) is 0 Å². The summed E-state index contributed by atoms with van der Waals surface area (Å²) < 4.78 is 0. The van der Waals surface area contributed by atoms with Crippen LogP contribution in [0.25, 0.3) is 0 Å². The molecule has 1 fully saturated rings. The Kier molecular flexibility index (Phi) is 6.47. The summed E-state index contributed by atoms with van der Waals surface area (Å²) in [6, 6.07) is 13.8. The molecule has 1 N–H and O–H groups in total. The van der Waals surface area contributed by atoms with Gasteiger partial charge >= 0.3 is 0 Å². The Balaban J connectivity index is 1.82. The largest absolute Gasteiger partial charge is 0.339 e. The molecule has 1 heterocycles. The van der Waals surface area contributed by atoms with Gasteiger partial charge in [-0.15, -0.1) is 0 Å². The van der Waals surface area contributed by atoms with Gasteiger partial charge in [0.1, 0.15) is 6.54 Å². The summed E-state index contributed by atoms with van der Waals surface area (Å²) in [6.07, 6.45) is 0. The molecule has 2 aromatic carbocycles. The molecule has 0 bridgehead atoms. The van der Waals surface area contributed by atoms with E-state index in [2.05, 4.69) is 31.3 Å². The molecule has 0 atom stereocenters. The number of hydrogen-bond donors (Lipinski definition) is 1. The molecule has 5 nitrogen and oxygen atoms in total. The highest BCUT2D eigenvalue weighted by atomic mass is 16.2. The van der Waals surface area contributed by atoms with Gasteiger partial charge in [-0.3, -0.25) is 9.59 Å². The second kappa shape index (κ2) is 9.02. The molecule has 0 unspecified atom stereocenters. The number of piperazine rings is 1. The van der Waals surface area contributed by atoms with Crippen molar-refractivity contribution in [1.29, 1.82) is 0 Å². The molecule has 0 spiro atoms. The summed E-state index contributed by atoms with van der Waals surface area (Å²) in [7, 11) is 0. The zero-order valence-electron chi connectivity index (χ0n) is 17.0. The number of nitrogens with one attached hydrogen (secondary N) is 1. The predicted molar refractivity (Wildman–Crippen MR) is 111 cm³/mol. The second-order valence-electron chi connectivity index (χ2n) is 7.58. The zero-order valence-corrected chi connectivity index (χ0v) is 17.0. The van der Waals surface area contributed by atoms with E-state index in [1.807, 2.05) is 42.2 Å². The van der Waals surface area contributed by atoms with Crippen molar-refractivity contribution >= 4 is 11.8 Å². The number of benzene rings is 2. The number of amides is 2. The normalized spacial score (nSPS) is 14.0. The van der Waals surface area contributed by atoms with E-state index in [1.54, 1.807) is 4.90 Å². The van der Waals surface area contributed by atoms with Gasteiger partial charge in [-0.2, -0.15) is 0 Å². The van der Waals surface area contributed by atoms with Crippen molar-refractivity contribution in [2.75, 3.05) is 32.7 Å². The van der Waals surface area contributed by atoms with E-state index in [0.29, 0.717) is 25.2 Å². The molecule has 0 aromatic heterocycles. The van der Waals surface area contributed by atoms with Crippen LogP contribution in [0.4, 0.5) is 0 Å². The molecule has 3 rings (SSSR count). The van der Waals surface area contributed by atoms with Crippen LogP contribution in [-0.4, -0.2) is 54.3 Å². The summed E-state index contributed by atoms with van der Waals surface area (Å²) >= 11 is 0. The Morgan fingerprint density at radius 3 is 2.43 bits per heavy atom. The number of carbonyl (C=O) groups excluding carboxylic acids is 2. The van der Waals surface area contributed by atoms with Crippen molar-refractivity contribution in [3.05, 3.63) is 70.3 Å². The molecule has 2 amide bonds. The Morgan fingerprint density at radius 1 is 1.00 bits per heavy atom. The SMILES string of the molecule is Cc1cccc(C(=O)N(CC(=O)N2CCNCC2)Cc2ccc(C)c(C)c2)c1. The van der Waals surface area contributed by atoms with E-state index in [1.165, 1.54) is 11.1 Å². The van der Waals surface area contributed by atoms with Gasteiger partial charge in [-0.05, 0) is 49.6 Å². The van der Waals surface area contributed by atoms with Crippen molar-refractivity contribution in [1.82, 2.24) is 15.1 Å². The van der Waals surface area contributed by atoms with Crippen molar-refractivity contribution in [3.63, 3.8) is 0 Å². The topological polar surface area (TPSA) is 52.7 Å². The Bertz CT molecular complexity index is 857. The van der Waals surface area contributed by atoms with Crippen LogP contribution in [-0.2, 0) is 11.3 Å². The highest BCUT2D eigenvalue weighted by Crippen LogP contribution is 2.15. The highest BCUT2D eigenvalue weighted by Gasteiger charge is 2.23. The minimum absolute atomic E-state index is 0.00587. The Labute approximate surface area is 167 Å². The maximum atomic E-state index is 13.2. The number of nitrogens with zero attached hydrogens (tertiary/aromatic N) is 2. The minimum atomic E-state index is -0.106. The van der Waals surface area contributed by atoms with Gasteiger partial charge in [0, 0.05) is 38.3 Å². The quantitative estimate of drug-likeness (QED) is 0.869. The van der Waals surface area contributed by atoms with Crippen LogP contribution in [0.3, 0.4) is 0 Å². The van der Waals surface area contributed by atoms with Crippen LogP contribution < -0.4 is 5.32 Å². The van der Waals surface area contributed by atoms with Crippen LogP contribution in [0, 0.1) is 20.8 Å². The van der Waals surface area contributed by atoms with E-state index in [9.17, 15) is 9.59 Å². The van der Waals surface area contributed by atoms with Gasteiger partial charge in [0.15, 0.2) is 0 Å². The maximum Gasteiger partial charge on any atom is 0.254 e. The monoisotopic (exact) mass is 379 g/mol. The summed E-state index contributed by atoms with van der Waals surface area (Å²) in [5.41, 5.74) is 5.10. The number of carbonyl (C=O) groups is 2. The third-order valence-electron chi connectivity index (χ3n) is 5.29. The fourth-order valence-electron chi connectivity index (χ4n) is 3.46.